The van der Waals surface area contributed by atoms with Crippen LogP contribution in [0.25, 0.3) is 0 Å². The van der Waals surface area contributed by atoms with Crippen molar-refractivity contribution in [1.82, 2.24) is 0 Å². The summed E-state index contributed by atoms with van der Waals surface area (Å²) in [4.78, 5) is 10.1. The molecule has 0 amide bonds. The van der Waals surface area contributed by atoms with Gasteiger partial charge in [0.1, 0.15) is 0 Å². The van der Waals surface area contributed by atoms with Crippen LogP contribution >= 0.6 is 0 Å². The maximum absolute atomic E-state index is 10.1. The predicted octanol–water partition coefficient (Wildman–Crippen LogP) is -4.66. The first-order chi connectivity index (χ1) is 6.30. The summed E-state index contributed by atoms with van der Waals surface area (Å²) in [5.74, 6) is -1.13. The van der Waals surface area contributed by atoms with E-state index in [4.69, 9.17) is 17.5 Å². The molecule has 0 aliphatic rings. The minimum absolute atomic E-state index is 0. The first-order valence-corrected chi connectivity index (χ1v) is 4.57. The van der Waals surface area contributed by atoms with E-state index in [1.54, 1.807) is 18.2 Å². The van der Waals surface area contributed by atoms with Gasteiger partial charge in [0.15, 0.2) is 0 Å². The fraction of sp³-hybridized carbons (Fsp3) is 0. The SMILES string of the molecule is O=C([O-])c1ccccc1.O=S(=O)([O-])[O-].[Mg+2].[Na+]. The zero-order chi connectivity index (χ0) is 11.2. The standard InChI is InChI=1S/C7H6O2.Mg.Na.H2O4S/c8-7(9)6-4-2-1-3-5-6;;;1-5(2,3)4/h1-5H,(H,8,9);;;(H2,1,2,3,4)/q;+2;+1;/p-3. The molecular weight excluding hydrogens is 259 g/mol. The van der Waals surface area contributed by atoms with Crippen LogP contribution in [0.2, 0.25) is 0 Å². The molecule has 1 rings (SSSR count). The average molecular weight is 264 g/mol. The molecule has 0 fully saturated rings. The summed E-state index contributed by atoms with van der Waals surface area (Å²) >= 11 is 0. The number of carbonyl (C=O) groups excluding carboxylic acids is 1. The molecule has 0 heterocycles. The predicted molar refractivity (Wildman–Crippen MR) is 47.0 cm³/mol. The largest absolute Gasteiger partial charge is 2.00 e. The van der Waals surface area contributed by atoms with Crippen LogP contribution in [0.5, 0.6) is 0 Å². The number of carboxylic acids is 1. The van der Waals surface area contributed by atoms with Crippen molar-refractivity contribution in [3.05, 3.63) is 35.9 Å². The second kappa shape index (κ2) is 10.5. The molecule has 0 saturated carbocycles. The Hall–Kier alpha value is 0.326. The molecule has 0 N–H and O–H groups in total. The Morgan fingerprint density at radius 2 is 1.38 bits per heavy atom. The molecule has 16 heavy (non-hydrogen) atoms. The van der Waals surface area contributed by atoms with Crippen molar-refractivity contribution in [3.63, 3.8) is 0 Å². The molecule has 0 aliphatic heterocycles. The van der Waals surface area contributed by atoms with Gasteiger partial charge in [0.05, 0.1) is 5.97 Å². The monoisotopic (exact) mass is 264 g/mol. The molecule has 0 atom stereocenters. The number of aromatic carboxylic acids is 1. The van der Waals surface area contributed by atoms with Crippen LogP contribution in [0.4, 0.5) is 0 Å². The second-order valence-electron chi connectivity index (χ2n) is 2.06. The van der Waals surface area contributed by atoms with Gasteiger partial charge in [-0.15, -0.1) is 0 Å². The fourth-order valence-corrected chi connectivity index (χ4v) is 0.574. The maximum atomic E-state index is 10.1. The quantitative estimate of drug-likeness (QED) is 0.286. The number of hydrogen-bond donors (Lipinski definition) is 0. The third kappa shape index (κ3) is 16.7. The summed E-state index contributed by atoms with van der Waals surface area (Å²) in [6.07, 6.45) is 0. The number of hydrogen-bond acceptors (Lipinski definition) is 6. The van der Waals surface area contributed by atoms with E-state index < -0.39 is 16.4 Å². The van der Waals surface area contributed by atoms with Gasteiger partial charge < -0.3 is 19.0 Å². The van der Waals surface area contributed by atoms with Crippen molar-refractivity contribution in [2.75, 3.05) is 0 Å². The van der Waals surface area contributed by atoms with E-state index in [2.05, 4.69) is 0 Å². The van der Waals surface area contributed by atoms with E-state index in [9.17, 15) is 9.90 Å². The van der Waals surface area contributed by atoms with E-state index in [0.29, 0.717) is 0 Å². The smallest absolute Gasteiger partial charge is 0.759 e. The topological polar surface area (TPSA) is 120 Å². The van der Waals surface area contributed by atoms with Crippen LogP contribution in [-0.4, -0.2) is 46.5 Å². The summed E-state index contributed by atoms with van der Waals surface area (Å²) in [6.45, 7) is 0. The average Bonchev–Trinajstić information content (AvgIpc) is 2.03. The van der Waals surface area contributed by atoms with E-state index >= 15 is 0 Å². The Morgan fingerprint density at radius 1 is 1.06 bits per heavy atom. The molecule has 0 bridgehead atoms. The molecule has 1 aromatic rings. The van der Waals surface area contributed by atoms with E-state index in [0.717, 1.165) is 0 Å². The summed E-state index contributed by atoms with van der Waals surface area (Å²) in [5, 5.41) is 10.1. The third-order valence-electron chi connectivity index (χ3n) is 1.01. The summed E-state index contributed by atoms with van der Waals surface area (Å²) in [6, 6.07) is 8.06. The summed E-state index contributed by atoms with van der Waals surface area (Å²) < 4.78 is 34.1. The number of carboxylic acid groups (broad SMARTS) is 1. The molecule has 0 spiro atoms. The van der Waals surface area contributed by atoms with Crippen LogP contribution < -0.4 is 34.7 Å². The van der Waals surface area contributed by atoms with Crippen molar-refractivity contribution in [1.29, 1.82) is 0 Å². The van der Waals surface area contributed by atoms with Crippen molar-refractivity contribution >= 4 is 39.4 Å². The van der Waals surface area contributed by atoms with Crippen molar-refractivity contribution in [3.8, 4) is 0 Å². The third-order valence-corrected chi connectivity index (χ3v) is 1.01. The molecule has 0 radical (unpaired) electrons. The fourth-order valence-electron chi connectivity index (χ4n) is 0.574. The molecule has 6 nitrogen and oxygen atoms in total. The van der Waals surface area contributed by atoms with Crippen LogP contribution in [0.1, 0.15) is 10.4 Å². The minimum Gasteiger partial charge on any atom is -0.759 e. The van der Waals surface area contributed by atoms with Gasteiger partial charge in [-0.2, -0.15) is 0 Å². The van der Waals surface area contributed by atoms with Crippen molar-refractivity contribution in [2.24, 2.45) is 0 Å². The van der Waals surface area contributed by atoms with Gasteiger partial charge in [-0.3, -0.25) is 8.42 Å². The molecule has 0 saturated heterocycles. The Balaban J connectivity index is -0.000000214. The van der Waals surface area contributed by atoms with Crippen LogP contribution in [0.15, 0.2) is 30.3 Å². The maximum Gasteiger partial charge on any atom is 2.00 e. The van der Waals surface area contributed by atoms with Gasteiger partial charge in [0.25, 0.3) is 0 Å². The number of rotatable bonds is 1. The zero-order valence-electron chi connectivity index (χ0n) is 8.45. The van der Waals surface area contributed by atoms with Crippen LogP contribution in [0.3, 0.4) is 0 Å². The van der Waals surface area contributed by atoms with Gasteiger partial charge in [-0.25, -0.2) is 0 Å². The summed E-state index contributed by atoms with van der Waals surface area (Å²) in [5.41, 5.74) is 0.220. The molecule has 1 aromatic carbocycles. The Morgan fingerprint density at radius 3 is 1.56 bits per heavy atom. The second-order valence-corrected chi connectivity index (χ2v) is 2.88. The minimum atomic E-state index is -5.17. The van der Waals surface area contributed by atoms with Crippen LogP contribution in [-0.2, 0) is 10.4 Å². The van der Waals surface area contributed by atoms with Crippen molar-refractivity contribution < 1.29 is 57.0 Å². The molecular formula is C7H5MgNaO6S. The van der Waals surface area contributed by atoms with Crippen LogP contribution in [0, 0.1) is 0 Å². The Bertz CT molecular complexity index is 385. The Labute approximate surface area is 131 Å². The van der Waals surface area contributed by atoms with Gasteiger partial charge in [0, 0.05) is 10.4 Å². The Kier molecular flexibility index (Phi) is 14.1. The van der Waals surface area contributed by atoms with Gasteiger partial charge in [-0.1, -0.05) is 30.3 Å². The summed E-state index contributed by atoms with van der Waals surface area (Å²) in [7, 11) is -5.17. The van der Waals surface area contributed by atoms with Gasteiger partial charge >= 0.3 is 52.6 Å². The number of carbonyl (C=O) groups is 1. The first-order valence-electron chi connectivity index (χ1n) is 3.24. The molecule has 9 heteroatoms. The molecule has 0 unspecified atom stereocenters. The van der Waals surface area contributed by atoms with Crippen molar-refractivity contribution in [2.45, 2.75) is 0 Å². The zero-order valence-corrected chi connectivity index (χ0v) is 12.7. The molecule has 78 valence electrons. The molecule has 0 aliphatic carbocycles. The molecule has 0 aromatic heterocycles. The van der Waals surface area contributed by atoms with Gasteiger partial charge in [0.2, 0.25) is 0 Å². The van der Waals surface area contributed by atoms with Gasteiger partial charge in [-0.05, 0) is 5.56 Å². The normalized spacial score (nSPS) is 8.62. The van der Waals surface area contributed by atoms with E-state index in [-0.39, 0.29) is 58.2 Å². The first kappa shape index (κ1) is 21.6. The van der Waals surface area contributed by atoms with E-state index in [1.165, 1.54) is 12.1 Å². The van der Waals surface area contributed by atoms with E-state index in [1.807, 2.05) is 0 Å². The number of benzene rings is 1.